The number of halogens is 2. The predicted octanol–water partition coefficient (Wildman–Crippen LogP) is 4.25. The first-order chi connectivity index (χ1) is 11.5. The molecule has 1 aliphatic rings. The molecular formula is C16H8Cl2N2O4. The van der Waals surface area contributed by atoms with Gasteiger partial charge in [0.15, 0.2) is 5.70 Å². The molecule has 0 amide bonds. The molecule has 0 aliphatic carbocycles. The molecule has 0 unspecified atom stereocenters. The average Bonchev–Trinajstić information content (AvgIpc) is 2.92. The zero-order valence-corrected chi connectivity index (χ0v) is 13.4. The summed E-state index contributed by atoms with van der Waals surface area (Å²) in [5, 5.41) is 11.4. The van der Waals surface area contributed by atoms with E-state index in [1.165, 1.54) is 30.3 Å². The maximum Gasteiger partial charge on any atom is 0.363 e. The Morgan fingerprint density at radius 3 is 2.29 bits per heavy atom. The molecule has 1 aliphatic heterocycles. The van der Waals surface area contributed by atoms with Crippen LogP contribution < -0.4 is 0 Å². The van der Waals surface area contributed by atoms with Gasteiger partial charge in [-0.1, -0.05) is 29.3 Å². The van der Waals surface area contributed by atoms with Crippen molar-refractivity contribution in [3.63, 3.8) is 0 Å². The predicted molar refractivity (Wildman–Crippen MR) is 90.2 cm³/mol. The number of rotatable bonds is 3. The van der Waals surface area contributed by atoms with Crippen molar-refractivity contribution in [1.29, 1.82) is 0 Å². The number of carbonyl (C=O) groups excluding carboxylic acids is 1. The number of hydrogen-bond acceptors (Lipinski definition) is 5. The lowest BCUT2D eigenvalue weighted by molar-refractivity contribution is -0.384. The van der Waals surface area contributed by atoms with Crippen molar-refractivity contribution >= 4 is 46.8 Å². The van der Waals surface area contributed by atoms with E-state index < -0.39 is 10.9 Å². The second kappa shape index (κ2) is 6.43. The first-order valence-corrected chi connectivity index (χ1v) is 7.42. The van der Waals surface area contributed by atoms with Gasteiger partial charge in [-0.15, -0.1) is 0 Å². The minimum atomic E-state index is -0.653. The van der Waals surface area contributed by atoms with Crippen LogP contribution in [-0.2, 0) is 9.53 Å². The standard InChI is InChI=1S/C16H8Cl2N2O4/c17-12-2-1-3-13(18)11(12)8-14-16(21)24-15(19-14)9-4-6-10(7-5-9)20(22)23/h1-8H/b14-8-. The Bertz CT molecular complexity index is 885. The fraction of sp³-hybridized carbons (Fsp3) is 0. The third-order valence-corrected chi connectivity index (χ3v) is 3.89. The SMILES string of the molecule is O=C1OC(c2ccc([N+](=O)[O-])cc2)=N/C1=C\c1c(Cl)cccc1Cl. The van der Waals surface area contributed by atoms with Gasteiger partial charge in [-0.05, 0) is 30.3 Å². The zero-order valence-electron chi connectivity index (χ0n) is 11.9. The molecule has 0 saturated carbocycles. The molecule has 0 N–H and O–H groups in total. The number of nitrogens with zero attached hydrogens (tertiary/aromatic N) is 2. The Hall–Kier alpha value is -2.70. The zero-order chi connectivity index (χ0) is 17.3. The van der Waals surface area contributed by atoms with Crippen molar-refractivity contribution in [1.82, 2.24) is 0 Å². The molecule has 0 spiro atoms. The maximum atomic E-state index is 12.0. The van der Waals surface area contributed by atoms with Crippen molar-refractivity contribution in [2.45, 2.75) is 0 Å². The lowest BCUT2D eigenvalue weighted by atomic mass is 10.2. The van der Waals surface area contributed by atoms with E-state index >= 15 is 0 Å². The molecule has 24 heavy (non-hydrogen) atoms. The Labute approximate surface area is 146 Å². The van der Waals surface area contributed by atoms with Crippen LogP contribution in [0.2, 0.25) is 10.0 Å². The number of carbonyl (C=O) groups is 1. The number of nitro groups is 1. The normalized spacial score (nSPS) is 15.3. The first-order valence-electron chi connectivity index (χ1n) is 6.67. The van der Waals surface area contributed by atoms with E-state index in [1.807, 2.05) is 0 Å². The number of cyclic esters (lactones) is 1. The number of esters is 1. The third kappa shape index (κ3) is 3.15. The highest BCUT2D eigenvalue weighted by Crippen LogP contribution is 2.28. The fourth-order valence-corrected chi connectivity index (χ4v) is 2.55. The summed E-state index contributed by atoms with van der Waals surface area (Å²) in [7, 11) is 0. The van der Waals surface area contributed by atoms with Crippen LogP contribution >= 0.6 is 23.2 Å². The molecule has 2 aromatic carbocycles. The van der Waals surface area contributed by atoms with Gasteiger partial charge in [0.25, 0.3) is 5.69 Å². The lowest BCUT2D eigenvalue weighted by Crippen LogP contribution is -2.05. The van der Waals surface area contributed by atoms with E-state index in [-0.39, 0.29) is 17.3 Å². The minimum Gasteiger partial charge on any atom is -0.402 e. The summed E-state index contributed by atoms with van der Waals surface area (Å²) in [6.45, 7) is 0. The van der Waals surface area contributed by atoms with Crippen LogP contribution in [0, 0.1) is 10.1 Å². The van der Waals surface area contributed by atoms with Crippen molar-refractivity contribution in [2.75, 3.05) is 0 Å². The van der Waals surface area contributed by atoms with Gasteiger partial charge < -0.3 is 4.74 Å². The molecule has 3 rings (SSSR count). The van der Waals surface area contributed by atoms with Gasteiger partial charge in [0, 0.05) is 33.3 Å². The van der Waals surface area contributed by atoms with E-state index in [1.54, 1.807) is 18.2 Å². The summed E-state index contributed by atoms with van der Waals surface area (Å²) < 4.78 is 5.10. The summed E-state index contributed by atoms with van der Waals surface area (Å²) in [6, 6.07) is 10.5. The van der Waals surface area contributed by atoms with Gasteiger partial charge in [0.05, 0.1) is 4.92 Å². The van der Waals surface area contributed by atoms with Crippen LogP contribution in [0.1, 0.15) is 11.1 Å². The monoisotopic (exact) mass is 362 g/mol. The van der Waals surface area contributed by atoms with Gasteiger partial charge in [-0.2, -0.15) is 0 Å². The molecule has 0 bridgehead atoms. The Kier molecular flexibility index (Phi) is 4.33. The molecule has 8 heteroatoms. The van der Waals surface area contributed by atoms with E-state index in [9.17, 15) is 14.9 Å². The Balaban J connectivity index is 1.96. The van der Waals surface area contributed by atoms with Crippen LogP contribution in [0.15, 0.2) is 53.2 Å². The largest absolute Gasteiger partial charge is 0.402 e. The summed E-state index contributed by atoms with van der Waals surface area (Å²) in [4.78, 5) is 26.2. The average molecular weight is 363 g/mol. The fourth-order valence-electron chi connectivity index (χ4n) is 2.04. The highest BCUT2D eigenvalue weighted by atomic mass is 35.5. The number of ether oxygens (including phenoxy) is 1. The van der Waals surface area contributed by atoms with Crippen molar-refractivity contribution in [2.24, 2.45) is 4.99 Å². The highest BCUT2D eigenvalue weighted by molar-refractivity contribution is 6.37. The molecule has 0 aromatic heterocycles. The molecular weight excluding hydrogens is 355 g/mol. The molecule has 0 saturated heterocycles. The van der Waals surface area contributed by atoms with Gasteiger partial charge in [0.1, 0.15) is 0 Å². The van der Waals surface area contributed by atoms with Crippen LogP contribution in [0.3, 0.4) is 0 Å². The van der Waals surface area contributed by atoms with Crippen LogP contribution in [0.25, 0.3) is 6.08 Å². The summed E-state index contributed by atoms with van der Waals surface area (Å²) in [5.74, 6) is -0.594. The van der Waals surface area contributed by atoms with Crippen LogP contribution in [0.4, 0.5) is 5.69 Å². The topological polar surface area (TPSA) is 81.8 Å². The van der Waals surface area contributed by atoms with E-state index in [0.29, 0.717) is 21.2 Å². The van der Waals surface area contributed by atoms with Crippen LogP contribution in [0.5, 0.6) is 0 Å². The highest BCUT2D eigenvalue weighted by Gasteiger charge is 2.25. The minimum absolute atomic E-state index is 0.0401. The molecule has 6 nitrogen and oxygen atoms in total. The molecule has 0 atom stereocenters. The van der Waals surface area contributed by atoms with Crippen molar-refractivity contribution < 1.29 is 14.5 Å². The molecule has 0 fully saturated rings. The number of benzene rings is 2. The molecule has 0 radical (unpaired) electrons. The lowest BCUT2D eigenvalue weighted by Gasteiger charge is -2.00. The summed E-state index contributed by atoms with van der Waals surface area (Å²) in [6.07, 6.45) is 1.44. The van der Waals surface area contributed by atoms with Crippen molar-refractivity contribution in [3.05, 3.63) is 79.4 Å². The van der Waals surface area contributed by atoms with Gasteiger partial charge in [0.2, 0.25) is 5.90 Å². The Morgan fingerprint density at radius 1 is 1.08 bits per heavy atom. The quantitative estimate of drug-likeness (QED) is 0.353. The number of non-ortho nitro benzene ring substituents is 1. The molecule has 2 aromatic rings. The number of aliphatic imine (C=N–C) groups is 1. The third-order valence-electron chi connectivity index (χ3n) is 3.23. The summed E-state index contributed by atoms with van der Waals surface area (Å²) in [5.41, 5.74) is 0.879. The van der Waals surface area contributed by atoms with Gasteiger partial charge in [-0.3, -0.25) is 10.1 Å². The van der Waals surface area contributed by atoms with Gasteiger partial charge in [-0.25, -0.2) is 9.79 Å². The number of nitro benzene ring substituents is 1. The summed E-state index contributed by atoms with van der Waals surface area (Å²) >= 11 is 12.1. The molecule has 120 valence electrons. The maximum absolute atomic E-state index is 12.0. The van der Waals surface area contributed by atoms with E-state index in [2.05, 4.69) is 4.99 Å². The van der Waals surface area contributed by atoms with Crippen LogP contribution in [-0.4, -0.2) is 16.8 Å². The van der Waals surface area contributed by atoms with E-state index in [0.717, 1.165) is 0 Å². The molecule has 1 heterocycles. The van der Waals surface area contributed by atoms with Gasteiger partial charge >= 0.3 is 5.97 Å². The van der Waals surface area contributed by atoms with Crippen molar-refractivity contribution in [3.8, 4) is 0 Å². The second-order valence-electron chi connectivity index (χ2n) is 4.78. The smallest absolute Gasteiger partial charge is 0.363 e. The number of hydrogen-bond donors (Lipinski definition) is 0. The van der Waals surface area contributed by atoms with E-state index in [4.69, 9.17) is 27.9 Å². The second-order valence-corrected chi connectivity index (χ2v) is 5.59. The first kappa shape index (κ1) is 16.2. The Morgan fingerprint density at radius 2 is 1.71 bits per heavy atom.